The summed E-state index contributed by atoms with van der Waals surface area (Å²) in [6.07, 6.45) is 7.23. The Morgan fingerprint density at radius 1 is 1.11 bits per heavy atom. The average Bonchev–Trinajstić information content (AvgIpc) is 2.96. The predicted molar refractivity (Wildman–Crippen MR) is 77.5 cm³/mol. The summed E-state index contributed by atoms with van der Waals surface area (Å²) < 4.78 is 0. The third kappa shape index (κ3) is 2.73. The third-order valence-electron chi connectivity index (χ3n) is 4.40. The van der Waals surface area contributed by atoms with Gasteiger partial charge < -0.3 is 4.90 Å². The normalized spacial score (nSPS) is 24.9. The minimum atomic E-state index is 0.720. The molecule has 0 radical (unpaired) electrons. The van der Waals surface area contributed by atoms with Crippen LogP contribution in [-0.2, 0) is 0 Å². The number of aromatic nitrogens is 2. The third-order valence-corrected chi connectivity index (χ3v) is 4.40. The molecule has 0 N–H and O–H groups in total. The topological polar surface area (TPSA) is 32.3 Å². The highest BCUT2D eigenvalue weighted by molar-refractivity contribution is 5.44. The van der Waals surface area contributed by atoms with E-state index in [1.165, 1.54) is 38.8 Å². The maximum absolute atomic E-state index is 4.70. The van der Waals surface area contributed by atoms with Gasteiger partial charge in [0.05, 0.1) is 11.4 Å². The minimum absolute atomic E-state index is 0.720. The van der Waals surface area contributed by atoms with E-state index in [1.807, 2.05) is 13.1 Å². The first kappa shape index (κ1) is 12.9. The standard InChI is InChI=1S/C15H24N4/c1-12-10-16-13(2)15(17-12)19-9-5-6-14(11-19)18-7-3-4-8-18/h10,14H,3-9,11H2,1-2H3/t14-/m1/s1. The fourth-order valence-corrected chi connectivity index (χ4v) is 3.38. The highest BCUT2D eigenvalue weighted by atomic mass is 15.3. The average molecular weight is 260 g/mol. The Labute approximate surface area is 115 Å². The van der Waals surface area contributed by atoms with Gasteiger partial charge in [-0.1, -0.05) is 0 Å². The van der Waals surface area contributed by atoms with Crippen molar-refractivity contribution in [3.05, 3.63) is 17.6 Å². The van der Waals surface area contributed by atoms with Crippen molar-refractivity contribution in [3.63, 3.8) is 0 Å². The van der Waals surface area contributed by atoms with E-state index in [0.717, 1.165) is 36.3 Å². The van der Waals surface area contributed by atoms with Gasteiger partial charge in [0.1, 0.15) is 5.82 Å². The van der Waals surface area contributed by atoms with E-state index in [4.69, 9.17) is 4.98 Å². The Balaban J connectivity index is 1.75. The van der Waals surface area contributed by atoms with Crippen LogP contribution in [0, 0.1) is 13.8 Å². The summed E-state index contributed by atoms with van der Waals surface area (Å²) >= 11 is 0. The molecule has 2 saturated heterocycles. The number of nitrogens with zero attached hydrogens (tertiary/aromatic N) is 4. The van der Waals surface area contributed by atoms with E-state index < -0.39 is 0 Å². The number of anilines is 1. The number of likely N-dealkylation sites (tertiary alicyclic amines) is 1. The number of hydrogen-bond donors (Lipinski definition) is 0. The Kier molecular flexibility index (Phi) is 3.69. The lowest BCUT2D eigenvalue weighted by molar-refractivity contribution is 0.215. The van der Waals surface area contributed by atoms with Gasteiger partial charge in [-0.25, -0.2) is 4.98 Å². The summed E-state index contributed by atoms with van der Waals surface area (Å²) in [4.78, 5) is 14.3. The number of piperidine rings is 1. The smallest absolute Gasteiger partial charge is 0.150 e. The first-order valence-corrected chi connectivity index (χ1v) is 7.53. The van der Waals surface area contributed by atoms with Gasteiger partial charge in [0, 0.05) is 25.3 Å². The van der Waals surface area contributed by atoms with Crippen LogP contribution in [0.1, 0.15) is 37.1 Å². The van der Waals surface area contributed by atoms with E-state index in [1.54, 1.807) is 0 Å². The molecule has 1 atom stereocenters. The van der Waals surface area contributed by atoms with E-state index in [-0.39, 0.29) is 0 Å². The van der Waals surface area contributed by atoms with E-state index in [2.05, 4.69) is 21.7 Å². The zero-order valence-corrected chi connectivity index (χ0v) is 12.1. The van der Waals surface area contributed by atoms with Crippen molar-refractivity contribution in [2.45, 2.75) is 45.6 Å². The van der Waals surface area contributed by atoms with E-state index in [0.29, 0.717) is 0 Å². The molecule has 2 aliphatic rings. The molecule has 0 spiro atoms. The molecule has 0 aromatic carbocycles. The van der Waals surface area contributed by atoms with Crippen molar-refractivity contribution < 1.29 is 0 Å². The molecule has 0 aliphatic carbocycles. The predicted octanol–water partition coefficient (Wildman–Crippen LogP) is 2.16. The summed E-state index contributed by atoms with van der Waals surface area (Å²) in [5.41, 5.74) is 2.08. The van der Waals surface area contributed by atoms with Gasteiger partial charge in [0.2, 0.25) is 0 Å². The van der Waals surface area contributed by atoms with Crippen molar-refractivity contribution in [1.82, 2.24) is 14.9 Å². The lowest BCUT2D eigenvalue weighted by Crippen LogP contribution is -2.47. The lowest BCUT2D eigenvalue weighted by Gasteiger charge is -2.38. The molecule has 0 bridgehead atoms. The second-order valence-electron chi connectivity index (χ2n) is 5.91. The van der Waals surface area contributed by atoms with Crippen LogP contribution < -0.4 is 4.90 Å². The van der Waals surface area contributed by atoms with Gasteiger partial charge in [-0.2, -0.15) is 0 Å². The van der Waals surface area contributed by atoms with Crippen LogP contribution >= 0.6 is 0 Å². The Morgan fingerprint density at radius 3 is 2.68 bits per heavy atom. The molecule has 104 valence electrons. The van der Waals surface area contributed by atoms with Crippen molar-refractivity contribution in [3.8, 4) is 0 Å². The monoisotopic (exact) mass is 260 g/mol. The number of aryl methyl sites for hydroxylation is 2. The molecule has 0 saturated carbocycles. The van der Waals surface area contributed by atoms with Gasteiger partial charge in [0.15, 0.2) is 0 Å². The molecule has 1 aromatic rings. The first-order chi connectivity index (χ1) is 9.24. The van der Waals surface area contributed by atoms with Crippen LogP contribution in [0.25, 0.3) is 0 Å². The molecule has 4 nitrogen and oxygen atoms in total. The number of rotatable bonds is 2. The first-order valence-electron chi connectivity index (χ1n) is 7.53. The molecule has 0 amide bonds. The highest BCUT2D eigenvalue weighted by Gasteiger charge is 2.28. The summed E-state index contributed by atoms with van der Waals surface area (Å²) in [5.74, 6) is 1.10. The maximum atomic E-state index is 4.70. The molecular weight excluding hydrogens is 236 g/mol. The van der Waals surface area contributed by atoms with Gasteiger partial charge in [-0.3, -0.25) is 9.88 Å². The molecule has 19 heavy (non-hydrogen) atoms. The Morgan fingerprint density at radius 2 is 1.89 bits per heavy atom. The minimum Gasteiger partial charge on any atom is -0.354 e. The summed E-state index contributed by atoms with van der Waals surface area (Å²) in [7, 11) is 0. The molecule has 2 fully saturated rings. The highest BCUT2D eigenvalue weighted by Crippen LogP contribution is 2.25. The van der Waals surface area contributed by atoms with Crippen LogP contribution in [0.5, 0.6) is 0 Å². The van der Waals surface area contributed by atoms with Crippen LogP contribution in [0.3, 0.4) is 0 Å². The van der Waals surface area contributed by atoms with E-state index in [9.17, 15) is 0 Å². The zero-order chi connectivity index (χ0) is 13.2. The fraction of sp³-hybridized carbons (Fsp3) is 0.733. The summed E-state index contributed by atoms with van der Waals surface area (Å²) in [5, 5.41) is 0. The zero-order valence-electron chi connectivity index (χ0n) is 12.1. The second-order valence-corrected chi connectivity index (χ2v) is 5.91. The molecule has 3 heterocycles. The summed E-state index contributed by atoms with van der Waals surface area (Å²) in [6, 6.07) is 0.720. The molecule has 1 aromatic heterocycles. The van der Waals surface area contributed by atoms with Gasteiger partial charge in [-0.15, -0.1) is 0 Å². The second kappa shape index (κ2) is 5.45. The lowest BCUT2D eigenvalue weighted by atomic mass is 10.0. The van der Waals surface area contributed by atoms with Crippen molar-refractivity contribution >= 4 is 5.82 Å². The van der Waals surface area contributed by atoms with Crippen LogP contribution in [0.4, 0.5) is 5.82 Å². The molecular formula is C15H24N4. The number of hydrogen-bond acceptors (Lipinski definition) is 4. The van der Waals surface area contributed by atoms with Crippen molar-refractivity contribution in [1.29, 1.82) is 0 Å². The SMILES string of the molecule is Cc1cnc(C)c(N2CCC[C@@H](N3CCCC3)C2)n1. The maximum Gasteiger partial charge on any atom is 0.150 e. The fourth-order valence-electron chi connectivity index (χ4n) is 3.38. The molecule has 4 heteroatoms. The van der Waals surface area contributed by atoms with Gasteiger partial charge in [0.25, 0.3) is 0 Å². The Bertz CT molecular complexity index is 440. The molecule has 2 aliphatic heterocycles. The quantitative estimate of drug-likeness (QED) is 0.815. The van der Waals surface area contributed by atoms with Crippen LogP contribution in [0.15, 0.2) is 6.20 Å². The van der Waals surface area contributed by atoms with Crippen LogP contribution in [-0.4, -0.2) is 47.1 Å². The van der Waals surface area contributed by atoms with Crippen molar-refractivity contribution in [2.75, 3.05) is 31.1 Å². The van der Waals surface area contributed by atoms with Gasteiger partial charge in [-0.05, 0) is 52.6 Å². The molecule has 0 unspecified atom stereocenters. The van der Waals surface area contributed by atoms with Gasteiger partial charge >= 0.3 is 0 Å². The van der Waals surface area contributed by atoms with E-state index >= 15 is 0 Å². The Hall–Kier alpha value is -1.16. The van der Waals surface area contributed by atoms with Crippen molar-refractivity contribution in [2.24, 2.45) is 0 Å². The summed E-state index contributed by atoms with van der Waals surface area (Å²) in [6.45, 7) is 8.93. The van der Waals surface area contributed by atoms with Crippen LogP contribution in [0.2, 0.25) is 0 Å². The molecule has 3 rings (SSSR count). The largest absolute Gasteiger partial charge is 0.354 e.